The average Bonchev–Trinajstić information content (AvgIpc) is 3.12. The molecule has 0 atom stereocenters. The van der Waals surface area contributed by atoms with E-state index in [9.17, 15) is 4.79 Å². The van der Waals surface area contributed by atoms with E-state index in [4.69, 9.17) is 0 Å². The summed E-state index contributed by atoms with van der Waals surface area (Å²) in [5.41, 5.74) is 3.11. The number of aromatic nitrogens is 2. The molecule has 3 heterocycles. The van der Waals surface area contributed by atoms with Crippen LogP contribution in [0.3, 0.4) is 0 Å². The van der Waals surface area contributed by atoms with Crippen molar-refractivity contribution >= 4 is 22.6 Å². The Morgan fingerprint density at radius 2 is 1.96 bits per heavy atom. The molecule has 2 aromatic heterocycles. The summed E-state index contributed by atoms with van der Waals surface area (Å²) in [6, 6.07) is 12.1. The van der Waals surface area contributed by atoms with Crippen molar-refractivity contribution in [2.75, 3.05) is 45.1 Å². The van der Waals surface area contributed by atoms with Gasteiger partial charge in [0.05, 0.1) is 5.56 Å². The Labute approximate surface area is 159 Å². The maximum absolute atomic E-state index is 12.6. The predicted molar refractivity (Wildman–Crippen MR) is 108 cm³/mol. The fourth-order valence-corrected chi connectivity index (χ4v) is 3.48. The van der Waals surface area contributed by atoms with E-state index < -0.39 is 0 Å². The number of piperazine rings is 1. The van der Waals surface area contributed by atoms with E-state index in [2.05, 4.69) is 51.6 Å². The first-order valence-corrected chi connectivity index (χ1v) is 9.43. The van der Waals surface area contributed by atoms with Crippen LogP contribution >= 0.6 is 0 Å². The van der Waals surface area contributed by atoms with Crippen molar-refractivity contribution < 1.29 is 4.79 Å². The number of benzene rings is 1. The third-order valence-corrected chi connectivity index (χ3v) is 5.18. The molecule has 0 spiro atoms. The first-order valence-electron chi connectivity index (χ1n) is 9.43. The van der Waals surface area contributed by atoms with Gasteiger partial charge in [0.15, 0.2) is 0 Å². The number of aromatic amines is 1. The molecule has 27 heavy (non-hydrogen) atoms. The van der Waals surface area contributed by atoms with Gasteiger partial charge in [-0.15, -0.1) is 0 Å². The Bertz CT molecular complexity index is 910. The lowest BCUT2D eigenvalue weighted by atomic mass is 10.1. The van der Waals surface area contributed by atoms with Gasteiger partial charge in [-0.05, 0) is 37.2 Å². The topological polar surface area (TPSA) is 64.3 Å². The number of anilines is 1. The van der Waals surface area contributed by atoms with Crippen LogP contribution < -0.4 is 5.32 Å². The first-order chi connectivity index (χ1) is 13.2. The lowest BCUT2D eigenvalue weighted by molar-refractivity contribution is 0.0663. The van der Waals surface area contributed by atoms with Crippen LogP contribution in [0.15, 0.2) is 48.8 Å². The summed E-state index contributed by atoms with van der Waals surface area (Å²) in [4.78, 5) is 24.4. The molecule has 6 heteroatoms. The second kappa shape index (κ2) is 7.80. The van der Waals surface area contributed by atoms with E-state index in [0.717, 1.165) is 50.5 Å². The zero-order valence-electron chi connectivity index (χ0n) is 15.6. The molecule has 0 unspecified atom stereocenters. The smallest absolute Gasteiger partial charge is 0.255 e. The minimum absolute atomic E-state index is 0.0703. The number of hydrogen-bond donors (Lipinski definition) is 2. The van der Waals surface area contributed by atoms with Crippen LogP contribution in [0, 0.1) is 0 Å². The van der Waals surface area contributed by atoms with Crippen LogP contribution in [-0.2, 0) is 6.42 Å². The van der Waals surface area contributed by atoms with Crippen molar-refractivity contribution in [2.45, 2.75) is 6.42 Å². The molecule has 0 radical (unpaired) electrons. The van der Waals surface area contributed by atoms with E-state index in [0.29, 0.717) is 5.56 Å². The summed E-state index contributed by atoms with van der Waals surface area (Å²) in [5, 5.41) is 4.61. The van der Waals surface area contributed by atoms with Crippen LogP contribution in [0.5, 0.6) is 0 Å². The van der Waals surface area contributed by atoms with Crippen LogP contribution in [0.4, 0.5) is 5.82 Å². The molecule has 1 saturated heterocycles. The van der Waals surface area contributed by atoms with Crippen molar-refractivity contribution in [1.82, 2.24) is 19.8 Å². The number of pyridine rings is 1. The highest BCUT2D eigenvalue weighted by molar-refractivity contribution is 5.94. The number of rotatable bonds is 5. The summed E-state index contributed by atoms with van der Waals surface area (Å²) in [6.07, 6.45) is 4.65. The second-order valence-electron chi connectivity index (χ2n) is 7.06. The van der Waals surface area contributed by atoms with E-state index in [1.54, 1.807) is 6.20 Å². The van der Waals surface area contributed by atoms with Gasteiger partial charge in [0.25, 0.3) is 5.91 Å². The number of amides is 1. The van der Waals surface area contributed by atoms with E-state index in [1.807, 2.05) is 23.1 Å². The number of likely N-dealkylation sites (N-methyl/N-ethyl adjacent to an activating group) is 1. The van der Waals surface area contributed by atoms with Crippen molar-refractivity contribution in [3.8, 4) is 0 Å². The molecule has 3 aromatic rings. The minimum atomic E-state index is 0.0703. The maximum Gasteiger partial charge on any atom is 0.255 e. The predicted octanol–water partition coefficient (Wildman–Crippen LogP) is 2.61. The van der Waals surface area contributed by atoms with Crippen molar-refractivity contribution in [1.29, 1.82) is 0 Å². The van der Waals surface area contributed by atoms with Gasteiger partial charge in [0, 0.05) is 56.0 Å². The highest BCUT2D eigenvalue weighted by Crippen LogP contribution is 2.18. The average molecular weight is 363 g/mol. The number of nitrogens with zero attached hydrogens (tertiary/aromatic N) is 3. The molecule has 1 aromatic carbocycles. The number of para-hydroxylation sites is 1. The molecule has 1 aliphatic heterocycles. The number of carbonyl (C=O) groups excluding carboxylic acids is 1. The van der Waals surface area contributed by atoms with Crippen LogP contribution in [0.1, 0.15) is 15.9 Å². The highest BCUT2D eigenvalue weighted by atomic mass is 16.2. The minimum Gasteiger partial charge on any atom is -0.370 e. The van der Waals surface area contributed by atoms with Gasteiger partial charge in [0.2, 0.25) is 0 Å². The second-order valence-corrected chi connectivity index (χ2v) is 7.06. The SMILES string of the molecule is CN1CCN(C(=O)c2ccc(NCCc3c[nH]c4ccccc34)nc2)CC1. The Kier molecular flexibility index (Phi) is 5.07. The zero-order chi connectivity index (χ0) is 18.6. The quantitative estimate of drug-likeness (QED) is 0.731. The molecule has 140 valence electrons. The first kappa shape index (κ1) is 17.5. The van der Waals surface area contributed by atoms with Gasteiger partial charge in [-0.25, -0.2) is 4.98 Å². The monoisotopic (exact) mass is 363 g/mol. The van der Waals surface area contributed by atoms with Gasteiger partial charge in [-0.2, -0.15) is 0 Å². The fourth-order valence-electron chi connectivity index (χ4n) is 3.48. The lowest BCUT2D eigenvalue weighted by Crippen LogP contribution is -2.47. The Morgan fingerprint density at radius 3 is 2.74 bits per heavy atom. The third kappa shape index (κ3) is 3.95. The van der Waals surface area contributed by atoms with Crippen molar-refractivity contribution in [3.05, 3.63) is 59.9 Å². The Hall–Kier alpha value is -2.86. The molecule has 6 nitrogen and oxygen atoms in total. The van der Waals surface area contributed by atoms with Crippen LogP contribution in [0.2, 0.25) is 0 Å². The summed E-state index contributed by atoms with van der Waals surface area (Å²) in [6.45, 7) is 4.19. The summed E-state index contributed by atoms with van der Waals surface area (Å²) < 4.78 is 0. The number of carbonyl (C=O) groups is 1. The van der Waals surface area contributed by atoms with Gasteiger partial charge in [-0.1, -0.05) is 18.2 Å². The van der Waals surface area contributed by atoms with E-state index >= 15 is 0 Å². The molecule has 2 N–H and O–H groups in total. The van der Waals surface area contributed by atoms with Crippen LogP contribution in [-0.4, -0.2) is 65.4 Å². The summed E-state index contributed by atoms with van der Waals surface area (Å²) >= 11 is 0. The molecule has 4 rings (SSSR count). The molecule has 1 aliphatic rings. The van der Waals surface area contributed by atoms with Crippen molar-refractivity contribution in [3.63, 3.8) is 0 Å². The molecule has 0 saturated carbocycles. The third-order valence-electron chi connectivity index (χ3n) is 5.18. The maximum atomic E-state index is 12.6. The van der Waals surface area contributed by atoms with E-state index in [-0.39, 0.29) is 5.91 Å². The van der Waals surface area contributed by atoms with E-state index in [1.165, 1.54) is 10.9 Å². The highest BCUT2D eigenvalue weighted by Gasteiger charge is 2.20. The van der Waals surface area contributed by atoms with Gasteiger partial charge < -0.3 is 20.1 Å². The van der Waals surface area contributed by atoms with Gasteiger partial charge in [-0.3, -0.25) is 4.79 Å². The van der Waals surface area contributed by atoms with Gasteiger partial charge >= 0.3 is 0 Å². The van der Waals surface area contributed by atoms with Crippen molar-refractivity contribution in [2.24, 2.45) is 0 Å². The standard InChI is InChI=1S/C21H25N5O/c1-25-10-12-26(13-11-25)21(27)17-6-7-20(24-15-17)22-9-8-16-14-23-19-5-3-2-4-18(16)19/h2-7,14-15,23H,8-13H2,1H3,(H,22,24). The Balaban J connectivity index is 1.32. The lowest BCUT2D eigenvalue weighted by Gasteiger charge is -2.32. The molecular weight excluding hydrogens is 338 g/mol. The van der Waals surface area contributed by atoms with Crippen LogP contribution in [0.25, 0.3) is 10.9 Å². The number of hydrogen-bond acceptors (Lipinski definition) is 4. The normalized spacial score (nSPS) is 15.2. The molecular formula is C21H25N5O. The molecule has 0 bridgehead atoms. The molecule has 0 aliphatic carbocycles. The fraction of sp³-hybridized carbons (Fsp3) is 0.333. The number of fused-ring (bicyclic) bond motifs is 1. The Morgan fingerprint density at radius 1 is 1.15 bits per heavy atom. The largest absolute Gasteiger partial charge is 0.370 e. The molecule has 1 amide bonds. The zero-order valence-corrected chi connectivity index (χ0v) is 15.6. The number of nitrogens with one attached hydrogen (secondary N) is 2. The number of H-pyrrole nitrogens is 1. The molecule has 1 fully saturated rings. The summed E-state index contributed by atoms with van der Waals surface area (Å²) in [7, 11) is 2.08. The van der Waals surface area contributed by atoms with Gasteiger partial charge in [0.1, 0.15) is 5.82 Å². The summed E-state index contributed by atoms with van der Waals surface area (Å²) in [5.74, 6) is 0.866.